The number of Topliss-reactive ketones (excluding diaryl/α,β-unsaturated/α-hetero) is 1. The molecule has 1 nitrogen and oxygen atoms in total. The fourth-order valence-corrected chi connectivity index (χ4v) is 3.44. The number of hydrogen-bond donors (Lipinski definition) is 0. The molecule has 0 heterocycles. The molecule has 0 radical (unpaired) electrons. The second-order valence-corrected chi connectivity index (χ2v) is 5.11. The lowest BCUT2D eigenvalue weighted by Gasteiger charge is -2.30. The highest BCUT2D eigenvalue weighted by molar-refractivity contribution is 5.82. The average Bonchev–Trinajstić information content (AvgIpc) is 2.48. The largest absolute Gasteiger partial charge is 0.299 e. The minimum absolute atomic E-state index is 0.459. The van der Waals surface area contributed by atoms with Crippen molar-refractivity contribution in [3.05, 3.63) is 0 Å². The maximum absolute atomic E-state index is 11.6. The molecule has 13 heavy (non-hydrogen) atoms. The average molecular weight is 180 g/mol. The van der Waals surface area contributed by atoms with E-state index in [9.17, 15) is 4.79 Å². The molecular weight excluding hydrogens is 160 g/mol. The molecule has 1 heteroatoms. The van der Waals surface area contributed by atoms with Crippen molar-refractivity contribution in [1.29, 1.82) is 0 Å². The zero-order valence-corrected chi connectivity index (χ0v) is 8.75. The molecule has 0 amide bonds. The van der Waals surface area contributed by atoms with Crippen LogP contribution in [0.15, 0.2) is 0 Å². The van der Waals surface area contributed by atoms with Gasteiger partial charge in [-0.15, -0.1) is 0 Å². The van der Waals surface area contributed by atoms with Crippen molar-refractivity contribution < 1.29 is 4.79 Å². The van der Waals surface area contributed by atoms with Gasteiger partial charge in [-0.25, -0.2) is 0 Å². The van der Waals surface area contributed by atoms with Crippen LogP contribution >= 0.6 is 0 Å². The number of carbonyl (C=O) groups excluding carboxylic acids is 1. The molecule has 0 aromatic carbocycles. The molecule has 2 rings (SSSR count). The Bertz CT molecular complexity index is 207. The highest BCUT2D eigenvalue weighted by Gasteiger charge is 2.42. The minimum Gasteiger partial charge on any atom is -0.299 e. The second kappa shape index (κ2) is 3.43. The van der Waals surface area contributed by atoms with E-state index in [4.69, 9.17) is 0 Å². The smallest absolute Gasteiger partial charge is 0.136 e. The van der Waals surface area contributed by atoms with Gasteiger partial charge in [0.25, 0.3) is 0 Å². The Morgan fingerprint density at radius 3 is 2.69 bits per heavy atom. The first-order valence-electron chi connectivity index (χ1n) is 5.73. The number of carbonyl (C=O) groups is 1. The van der Waals surface area contributed by atoms with Crippen molar-refractivity contribution in [3.63, 3.8) is 0 Å². The summed E-state index contributed by atoms with van der Waals surface area (Å²) in [6, 6.07) is 0. The first-order chi connectivity index (χ1) is 6.20. The third-order valence-corrected chi connectivity index (χ3v) is 4.11. The van der Waals surface area contributed by atoms with Gasteiger partial charge < -0.3 is 0 Å². The van der Waals surface area contributed by atoms with E-state index in [2.05, 4.69) is 13.8 Å². The number of fused-ring (bicyclic) bond motifs is 1. The molecule has 0 aromatic heterocycles. The quantitative estimate of drug-likeness (QED) is 0.606. The van der Waals surface area contributed by atoms with E-state index in [1.54, 1.807) is 0 Å². The standard InChI is InChI=1S/C12H20O/c1-8(2)9-6-7-11-10(9)4-3-5-12(11)13/h8-11H,3-7H2,1-2H3/t9?,10-,11-/m1/s1. The van der Waals surface area contributed by atoms with Gasteiger partial charge in [-0.3, -0.25) is 4.79 Å². The third-order valence-electron chi connectivity index (χ3n) is 4.11. The Morgan fingerprint density at radius 1 is 1.23 bits per heavy atom. The van der Waals surface area contributed by atoms with E-state index < -0.39 is 0 Å². The topological polar surface area (TPSA) is 17.1 Å². The van der Waals surface area contributed by atoms with Crippen LogP contribution in [0.4, 0.5) is 0 Å². The van der Waals surface area contributed by atoms with E-state index in [1.807, 2.05) is 0 Å². The van der Waals surface area contributed by atoms with Crippen molar-refractivity contribution in [1.82, 2.24) is 0 Å². The maximum atomic E-state index is 11.6. The summed E-state index contributed by atoms with van der Waals surface area (Å²) in [6.45, 7) is 4.62. The minimum atomic E-state index is 0.459. The van der Waals surface area contributed by atoms with Gasteiger partial charge in [0.05, 0.1) is 0 Å². The summed E-state index contributed by atoms with van der Waals surface area (Å²) in [4.78, 5) is 11.6. The van der Waals surface area contributed by atoms with Crippen LogP contribution in [0.1, 0.15) is 46.0 Å². The monoisotopic (exact) mass is 180 g/mol. The fourth-order valence-electron chi connectivity index (χ4n) is 3.44. The first-order valence-corrected chi connectivity index (χ1v) is 5.73. The molecule has 2 saturated carbocycles. The van der Waals surface area contributed by atoms with E-state index in [-0.39, 0.29) is 0 Å². The number of ketones is 1. The van der Waals surface area contributed by atoms with Crippen LogP contribution < -0.4 is 0 Å². The van der Waals surface area contributed by atoms with E-state index in [0.717, 1.165) is 30.6 Å². The predicted octanol–water partition coefficient (Wildman–Crippen LogP) is 3.04. The van der Waals surface area contributed by atoms with Crippen molar-refractivity contribution in [2.75, 3.05) is 0 Å². The lowest BCUT2D eigenvalue weighted by Crippen LogP contribution is -2.28. The van der Waals surface area contributed by atoms with Gasteiger partial charge in [-0.05, 0) is 43.4 Å². The normalized spacial score (nSPS) is 39.6. The summed E-state index contributed by atoms with van der Waals surface area (Å²) in [5, 5.41) is 0. The number of rotatable bonds is 1. The summed E-state index contributed by atoms with van der Waals surface area (Å²) >= 11 is 0. The highest BCUT2D eigenvalue weighted by atomic mass is 16.1. The summed E-state index contributed by atoms with van der Waals surface area (Å²) < 4.78 is 0. The van der Waals surface area contributed by atoms with Gasteiger partial charge >= 0.3 is 0 Å². The number of hydrogen-bond acceptors (Lipinski definition) is 1. The molecule has 0 N–H and O–H groups in total. The predicted molar refractivity (Wildman–Crippen MR) is 53.4 cm³/mol. The van der Waals surface area contributed by atoms with Crippen LogP contribution in [-0.4, -0.2) is 5.78 Å². The SMILES string of the molecule is CC(C)C1CC[C@H]2C(=O)CCC[C@H]12. The Morgan fingerprint density at radius 2 is 2.00 bits per heavy atom. The van der Waals surface area contributed by atoms with Crippen molar-refractivity contribution >= 4 is 5.78 Å². The molecule has 0 aromatic rings. The lowest BCUT2D eigenvalue weighted by atomic mass is 9.74. The summed E-state index contributed by atoms with van der Waals surface area (Å²) in [6.07, 6.45) is 5.83. The summed E-state index contributed by atoms with van der Waals surface area (Å²) in [5.74, 6) is 3.40. The van der Waals surface area contributed by atoms with E-state index in [1.165, 1.54) is 19.3 Å². The summed E-state index contributed by atoms with van der Waals surface area (Å²) in [5.41, 5.74) is 0. The van der Waals surface area contributed by atoms with Gasteiger partial charge in [0.2, 0.25) is 0 Å². The van der Waals surface area contributed by atoms with E-state index >= 15 is 0 Å². The van der Waals surface area contributed by atoms with Gasteiger partial charge in [0.1, 0.15) is 5.78 Å². The Labute approximate surface area is 80.9 Å². The van der Waals surface area contributed by atoms with Gasteiger partial charge in [-0.2, -0.15) is 0 Å². The zero-order chi connectivity index (χ0) is 9.42. The van der Waals surface area contributed by atoms with Crippen molar-refractivity contribution in [3.8, 4) is 0 Å². The van der Waals surface area contributed by atoms with Gasteiger partial charge in [0, 0.05) is 12.3 Å². The zero-order valence-electron chi connectivity index (χ0n) is 8.75. The highest BCUT2D eigenvalue weighted by Crippen LogP contribution is 2.46. The lowest BCUT2D eigenvalue weighted by molar-refractivity contribution is -0.126. The Hall–Kier alpha value is -0.330. The Balaban J connectivity index is 2.10. The van der Waals surface area contributed by atoms with Crippen molar-refractivity contribution in [2.45, 2.75) is 46.0 Å². The first kappa shape index (κ1) is 9.23. The second-order valence-electron chi connectivity index (χ2n) is 5.11. The molecule has 0 bridgehead atoms. The molecule has 2 fully saturated rings. The molecule has 0 spiro atoms. The Kier molecular flexibility index (Phi) is 2.44. The van der Waals surface area contributed by atoms with Gasteiger partial charge in [0.15, 0.2) is 0 Å². The van der Waals surface area contributed by atoms with Crippen LogP contribution in [0.3, 0.4) is 0 Å². The van der Waals surface area contributed by atoms with Crippen LogP contribution in [0, 0.1) is 23.7 Å². The molecule has 0 aliphatic heterocycles. The van der Waals surface area contributed by atoms with Crippen LogP contribution in [0.5, 0.6) is 0 Å². The molecule has 1 unspecified atom stereocenters. The molecule has 2 aliphatic carbocycles. The maximum Gasteiger partial charge on any atom is 0.136 e. The van der Waals surface area contributed by atoms with Crippen LogP contribution in [-0.2, 0) is 4.79 Å². The van der Waals surface area contributed by atoms with Crippen LogP contribution in [0.2, 0.25) is 0 Å². The van der Waals surface area contributed by atoms with Crippen LogP contribution in [0.25, 0.3) is 0 Å². The van der Waals surface area contributed by atoms with Crippen molar-refractivity contribution in [2.24, 2.45) is 23.7 Å². The molecular formula is C12H20O. The van der Waals surface area contributed by atoms with Gasteiger partial charge in [-0.1, -0.05) is 13.8 Å². The summed E-state index contributed by atoms with van der Waals surface area (Å²) in [7, 11) is 0. The van der Waals surface area contributed by atoms with E-state index in [0.29, 0.717) is 11.7 Å². The fraction of sp³-hybridized carbons (Fsp3) is 0.917. The molecule has 74 valence electrons. The third kappa shape index (κ3) is 1.53. The molecule has 2 aliphatic rings. The molecule has 3 atom stereocenters. The molecule has 0 saturated heterocycles.